The Morgan fingerprint density at radius 1 is 1.26 bits per heavy atom. The van der Waals surface area contributed by atoms with Crippen LogP contribution in [0.4, 0.5) is 4.39 Å². The molecule has 0 saturated heterocycles. The van der Waals surface area contributed by atoms with Gasteiger partial charge < -0.3 is 9.47 Å². The molecule has 0 N–H and O–H groups in total. The Kier molecular flexibility index (Phi) is 5.86. The van der Waals surface area contributed by atoms with Gasteiger partial charge in [0.05, 0.1) is 7.11 Å². The van der Waals surface area contributed by atoms with E-state index in [1.807, 2.05) is 12.1 Å². The van der Waals surface area contributed by atoms with Crippen LogP contribution in [0, 0.1) is 5.82 Å². The molecule has 0 aliphatic carbocycles. The summed E-state index contributed by atoms with van der Waals surface area (Å²) in [6.07, 6.45) is 1.61. The van der Waals surface area contributed by atoms with Crippen LogP contribution in [0.15, 0.2) is 53.5 Å². The standard InChI is InChI=1S/C18H18FNO3/c1-13(18(21)22-2)20-11-14-6-8-17(9-7-14)23-12-15-4-3-5-16(19)10-15/h3-11,13H,12H2,1-2H3/t13-/m0/s1. The van der Waals surface area contributed by atoms with Crippen molar-refractivity contribution in [2.45, 2.75) is 19.6 Å². The first-order valence-electron chi connectivity index (χ1n) is 7.17. The van der Waals surface area contributed by atoms with Crippen molar-refractivity contribution < 1.29 is 18.7 Å². The van der Waals surface area contributed by atoms with Crippen molar-refractivity contribution in [3.63, 3.8) is 0 Å². The second-order valence-electron chi connectivity index (χ2n) is 4.96. The molecule has 5 heteroatoms. The van der Waals surface area contributed by atoms with E-state index in [2.05, 4.69) is 9.73 Å². The van der Waals surface area contributed by atoms with Gasteiger partial charge in [-0.25, -0.2) is 9.18 Å². The third-order valence-electron chi connectivity index (χ3n) is 3.16. The Morgan fingerprint density at radius 3 is 2.65 bits per heavy atom. The summed E-state index contributed by atoms with van der Waals surface area (Å²) < 4.78 is 23.3. The summed E-state index contributed by atoms with van der Waals surface area (Å²) in [7, 11) is 1.33. The average molecular weight is 315 g/mol. The number of carbonyl (C=O) groups is 1. The summed E-state index contributed by atoms with van der Waals surface area (Å²) in [6.45, 7) is 1.96. The third-order valence-corrected chi connectivity index (χ3v) is 3.16. The largest absolute Gasteiger partial charge is 0.489 e. The molecule has 4 nitrogen and oxygen atoms in total. The van der Waals surface area contributed by atoms with Crippen LogP contribution in [0.5, 0.6) is 5.75 Å². The molecule has 0 aromatic heterocycles. The second kappa shape index (κ2) is 8.08. The molecule has 0 heterocycles. The molecule has 0 bridgehead atoms. The number of methoxy groups -OCH3 is 1. The van der Waals surface area contributed by atoms with Gasteiger partial charge in [0.1, 0.15) is 24.2 Å². The van der Waals surface area contributed by atoms with Crippen molar-refractivity contribution in [1.82, 2.24) is 0 Å². The van der Waals surface area contributed by atoms with Gasteiger partial charge in [0.25, 0.3) is 0 Å². The predicted molar refractivity (Wildman–Crippen MR) is 86.2 cm³/mol. The topological polar surface area (TPSA) is 47.9 Å². The van der Waals surface area contributed by atoms with Crippen molar-refractivity contribution in [2.24, 2.45) is 4.99 Å². The fourth-order valence-electron chi connectivity index (χ4n) is 1.87. The van der Waals surface area contributed by atoms with E-state index in [9.17, 15) is 9.18 Å². The summed E-state index contributed by atoms with van der Waals surface area (Å²) in [5.41, 5.74) is 1.61. The second-order valence-corrected chi connectivity index (χ2v) is 4.96. The number of benzene rings is 2. The van der Waals surface area contributed by atoms with Crippen molar-refractivity contribution >= 4 is 12.2 Å². The van der Waals surface area contributed by atoms with Crippen LogP contribution in [0.25, 0.3) is 0 Å². The van der Waals surface area contributed by atoms with Gasteiger partial charge in [-0.15, -0.1) is 0 Å². The van der Waals surface area contributed by atoms with Crippen molar-refractivity contribution in [3.05, 3.63) is 65.5 Å². The molecule has 23 heavy (non-hydrogen) atoms. The summed E-state index contributed by atoms with van der Waals surface area (Å²) in [5, 5.41) is 0. The maximum absolute atomic E-state index is 13.1. The van der Waals surface area contributed by atoms with E-state index in [0.717, 1.165) is 11.1 Å². The molecule has 0 unspecified atom stereocenters. The number of rotatable bonds is 6. The van der Waals surface area contributed by atoms with Crippen molar-refractivity contribution in [3.8, 4) is 5.75 Å². The lowest BCUT2D eigenvalue weighted by Gasteiger charge is -2.07. The lowest BCUT2D eigenvalue weighted by atomic mass is 10.2. The van der Waals surface area contributed by atoms with Crippen LogP contribution in [-0.4, -0.2) is 25.3 Å². The summed E-state index contributed by atoms with van der Waals surface area (Å²) in [6, 6.07) is 13.0. The minimum Gasteiger partial charge on any atom is -0.489 e. The quantitative estimate of drug-likeness (QED) is 0.606. The van der Waals surface area contributed by atoms with Crippen LogP contribution in [0.2, 0.25) is 0 Å². The van der Waals surface area contributed by atoms with Gasteiger partial charge in [-0.05, 0) is 54.4 Å². The summed E-state index contributed by atoms with van der Waals surface area (Å²) >= 11 is 0. The van der Waals surface area contributed by atoms with Crippen LogP contribution >= 0.6 is 0 Å². The highest BCUT2D eigenvalue weighted by Gasteiger charge is 2.09. The Morgan fingerprint density at radius 2 is 2.00 bits per heavy atom. The first kappa shape index (κ1) is 16.7. The van der Waals surface area contributed by atoms with Crippen molar-refractivity contribution in [1.29, 1.82) is 0 Å². The van der Waals surface area contributed by atoms with Gasteiger partial charge in [0.15, 0.2) is 0 Å². The SMILES string of the molecule is COC(=O)[C@H](C)N=Cc1ccc(OCc2cccc(F)c2)cc1. The van der Waals surface area contributed by atoms with Gasteiger partial charge >= 0.3 is 5.97 Å². The molecule has 2 rings (SSSR count). The lowest BCUT2D eigenvalue weighted by molar-refractivity contribution is -0.141. The molecule has 0 amide bonds. The van der Waals surface area contributed by atoms with E-state index < -0.39 is 6.04 Å². The smallest absolute Gasteiger partial charge is 0.330 e. The van der Waals surface area contributed by atoms with E-state index in [4.69, 9.17) is 4.74 Å². The number of aliphatic imine (C=N–C) groups is 1. The number of hydrogen-bond acceptors (Lipinski definition) is 4. The summed E-state index contributed by atoms with van der Waals surface area (Å²) in [4.78, 5) is 15.4. The number of halogens is 1. The summed E-state index contributed by atoms with van der Waals surface area (Å²) in [5.74, 6) is 0.0149. The fourth-order valence-corrected chi connectivity index (χ4v) is 1.87. The Balaban J connectivity index is 1.92. The zero-order valence-electron chi connectivity index (χ0n) is 13.0. The predicted octanol–water partition coefficient (Wildman–Crippen LogP) is 3.39. The third kappa shape index (κ3) is 5.21. The Bertz CT molecular complexity index is 683. The Labute approximate surface area is 134 Å². The normalized spacial score (nSPS) is 12.1. The van der Waals surface area contributed by atoms with Crippen molar-refractivity contribution in [2.75, 3.05) is 7.11 Å². The highest BCUT2D eigenvalue weighted by molar-refractivity contribution is 5.83. The minimum atomic E-state index is -0.538. The molecule has 0 radical (unpaired) electrons. The molecule has 0 aliphatic heterocycles. The number of esters is 1. The number of ether oxygens (including phenoxy) is 2. The van der Waals surface area contributed by atoms with Gasteiger partial charge in [0.2, 0.25) is 0 Å². The van der Waals surface area contributed by atoms with E-state index in [0.29, 0.717) is 12.4 Å². The lowest BCUT2D eigenvalue weighted by Crippen LogP contribution is -2.16. The fraction of sp³-hybridized carbons (Fsp3) is 0.222. The van der Waals surface area contributed by atoms with E-state index >= 15 is 0 Å². The first-order chi connectivity index (χ1) is 11.1. The molecule has 0 spiro atoms. The maximum Gasteiger partial charge on any atom is 0.330 e. The molecule has 120 valence electrons. The van der Waals surface area contributed by atoms with E-state index in [1.165, 1.54) is 19.2 Å². The number of hydrogen-bond donors (Lipinski definition) is 0. The Hall–Kier alpha value is -2.69. The molecule has 2 aromatic rings. The van der Waals surface area contributed by atoms with Gasteiger partial charge in [-0.1, -0.05) is 12.1 Å². The van der Waals surface area contributed by atoms with Crippen LogP contribution in [0.1, 0.15) is 18.1 Å². The first-order valence-corrected chi connectivity index (χ1v) is 7.17. The molecule has 0 aliphatic rings. The molecule has 1 atom stereocenters. The van der Waals surface area contributed by atoms with Crippen LogP contribution < -0.4 is 4.74 Å². The van der Waals surface area contributed by atoms with Gasteiger partial charge in [0, 0.05) is 6.21 Å². The molecular weight excluding hydrogens is 297 g/mol. The zero-order valence-corrected chi connectivity index (χ0v) is 13.0. The molecular formula is C18H18FNO3. The highest BCUT2D eigenvalue weighted by atomic mass is 19.1. The van der Waals surface area contributed by atoms with E-state index in [1.54, 1.807) is 37.4 Å². The van der Waals surface area contributed by atoms with E-state index in [-0.39, 0.29) is 11.8 Å². The molecule has 0 saturated carbocycles. The van der Waals surface area contributed by atoms with Crippen LogP contribution in [0.3, 0.4) is 0 Å². The number of nitrogens with zero attached hydrogens (tertiary/aromatic N) is 1. The molecule has 0 fully saturated rings. The van der Waals surface area contributed by atoms with Gasteiger partial charge in [-0.2, -0.15) is 0 Å². The minimum absolute atomic E-state index is 0.280. The zero-order chi connectivity index (χ0) is 16.7. The molecule has 2 aromatic carbocycles. The highest BCUT2D eigenvalue weighted by Crippen LogP contribution is 2.14. The average Bonchev–Trinajstić information content (AvgIpc) is 2.58. The monoisotopic (exact) mass is 315 g/mol. The number of carbonyl (C=O) groups excluding carboxylic acids is 1. The van der Waals surface area contributed by atoms with Gasteiger partial charge in [-0.3, -0.25) is 4.99 Å². The van der Waals surface area contributed by atoms with Crippen LogP contribution in [-0.2, 0) is 16.1 Å². The maximum atomic E-state index is 13.1.